The van der Waals surface area contributed by atoms with Crippen molar-refractivity contribution in [3.63, 3.8) is 0 Å². The van der Waals surface area contributed by atoms with E-state index in [-0.39, 0.29) is 11.8 Å². The van der Waals surface area contributed by atoms with E-state index in [9.17, 15) is 9.59 Å². The number of hydrogen-bond acceptors (Lipinski definition) is 2. The average molecular weight is 324 g/mol. The normalized spacial score (nSPS) is 11.5. The number of hydrogen-bond donors (Lipinski definition) is 2. The van der Waals surface area contributed by atoms with Crippen LogP contribution in [-0.2, 0) is 16.0 Å². The first-order valence-corrected chi connectivity index (χ1v) is 8.38. The minimum Gasteiger partial charge on any atom is -0.344 e. The third-order valence-corrected chi connectivity index (χ3v) is 3.73. The molecule has 0 aromatic heterocycles. The zero-order valence-electron chi connectivity index (χ0n) is 14.0. The Kier molecular flexibility index (Phi) is 7.02. The second-order valence-corrected chi connectivity index (χ2v) is 5.75. The highest BCUT2D eigenvalue weighted by Crippen LogP contribution is 2.10. The molecule has 2 N–H and O–H groups in total. The number of aryl methyl sites for hydroxylation is 1. The fraction of sp³-hybridized carbons (Fsp3) is 0.300. The van der Waals surface area contributed by atoms with Crippen LogP contribution in [0.4, 0.5) is 5.69 Å². The van der Waals surface area contributed by atoms with Crippen LogP contribution in [-0.4, -0.2) is 17.9 Å². The summed E-state index contributed by atoms with van der Waals surface area (Å²) < 4.78 is 0. The molecular weight excluding hydrogens is 300 g/mol. The number of carbonyl (C=O) groups is 2. The lowest BCUT2D eigenvalue weighted by molar-refractivity contribution is -0.126. The van der Waals surface area contributed by atoms with Gasteiger partial charge in [0.1, 0.15) is 6.04 Å². The Morgan fingerprint density at radius 1 is 0.958 bits per heavy atom. The molecule has 2 rings (SSSR count). The standard InChI is InChI=1S/C20H24N2O2/c1-2-9-19(23)22-18(15-14-16-10-5-3-6-11-16)20(24)21-17-12-7-4-8-13-17/h3-8,10-13,18H,2,9,14-15H2,1H3,(H,21,24)(H,22,23)/t18-/m1/s1. The molecule has 0 heterocycles. The van der Waals surface area contributed by atoms with Gasteiger partial charge in [-0.2, -0.15) is 0 Å². The van der Waals surface area contributed by atoms with Crippen LogP contribution in [0, 0.1) is 0 Å². The van der Waals surface area contributed by atoms with Crippen LogP contribution in [0.15, 0.2) is 60.7 Å². The van der Waals surface area contributed by atoms with E-state index < -0.39 is 6.04 Å². The topological polar surface area (TPSA) is 58.2 Å². The third kappa shape index (κ3) is 5.88. The summed E-state index contributed by atoms with van der Waals surface area (Å²) >= 11 is 0. The van der Waals surface area contributed by atoms with Gasteiger partial charge >= 0.3 is 0 Å². The van der Waals surface area contributed by atoms with Gasteiger partial charge < -0.3 is 10.6 Å². The van der Waals surface area contributed by atoms with Crippen molar-refractivity contribution in [2.75, 3.05) is 5.32 Å². The summed E-state index contributed by atoms with van der Waals surface area (Å²) in [5.74, 6) is -0.264. The zero-order valence-corrected chi connectivity index (χ0v) is 14.0. The highest BCUT2D eigenvalue weighted by molar-refractivity contribution is 5.97. The summed E-state index contributed by atoms with van der Waals surface area (Å²) in [5, 5.41) is 5.73. The quantitative estimate of drug-likeness (QED) is 0.780. The fourth-order valence-corrected chi connectivity index (χ4v) is 2.47. The molecule has 0 fully saturated rings. The van der Waals surface area contributed by atoms with Crippen LogP contribution in [0.5, 0.6) is 0 Å². The van der Waals surface area contributed by atoms with Crippen LogP contribution in [0.1, 0.15) is 31.7 Å². The Hall–Kier alpha value is -2.62. The van der Waals surface area contributed by atoms with Crippen molar-refractivity contribution in [1.82, 2.24) is 5.32 Å². The first-order chi connectivity index (χ1) is 11.7. The molecular formula is C20H24N2O2. The van der Waals surface area contributed by atoms with Gasteiger partial charge in [0.25, 0.3) is 0 Å². The van der Waals surface area contributed by atoms with Crippen LogP contribution in [0.25, 0.3) is 0 Å². The summed E-state index contributed by atoms with van der Waals surface area (Å²) in [6.07, 6.45) is 2.50. The molecule has 2 aromatic rings. The third-order valence-electron chi connectivity index (χ3n) is 3.73. The molecule has 24 heavy (non-hydrogen) atoms. The molecule has 0 spiro atoms. The zero-order chi connectivity index (χ0) is 17.2. The van der Waals surface area contributed by atoms with E-state index in [2.05, 4.69) is 10.6 Å². The molecule has 0 bridgehead atoms. The van der Waals surface area contributed by atoms with E-state index in [0.717, 1.165) is 24.1 Å². The van der Waals surface area contributed by atoms with Crippen LogP contribution in [0.2, 0.25) is 0 Å². The molecule has 2 amide bonds. The van der Waals surface area contributed by atoms with Crippen LogP contribution >= 0.6 is 0 Å². The second kappa shape index (κ2) is 9.50. The van der Waals surface area contributed by atoms with Gasteiger partial charge in [-0.15, -0.1) is 0 Å². The first-order valence-electron chi connectivity index (χ1n) is 8.38. The number of anilines is 1. The van der Waals surface area contributed by atoms with Crippen molar-refractivity contribution < 1.29 is 9.59 Å². The maximum atomic E-state index is 12.5. The number of rotatable bonds is 8. The second-order valence-electron chi connectivity index (χ2n) is 5.75. The largest absolute Gasteiger partial charge is 0.344 e. The van der Waals surface area contributed by atoms with Crippen molar-refractivity contribution in [1.29, 1.82) is 0 Å². The van der Waals surface area contributed by atoms with Crippen molar-refractivity contribution in [3.8, 4) is 0 Å². The predicted octanol–water partition coefficient (Wildman–Crippen LogP) is 3.54. The van der Waals surface area contributed by atoms with Gasteiger partial charge in [-0.3, -0.25) is 9.59 Å². The molecule has 0 radical (unpaired) electrons. The van der Waals surface area contributed by atoms with E-state index in [1.54, 1.807) is 0 Å². The molecule has 126 valence electrons. The van der Waals surface area contributed by atoms with Crippen molar-refractivity contribution in [2.45, 2.75) is 38.6 Å². The fourth-order valence-electron chi connectivity index (χ4n) is 2.47. The molecule has 0 saturated heterocycles. The first kappa shape index (κ1) is 17.7. The van der Waals surface area contributed by atoms with Gasteiger partial charge in [-0.25, -0.2) is 0 Å². The smallest absolute Gasteiger partial charge is 0.246 e. The molecule has 0 unspecified atom stereocenters. The SMILES string of the molecule is CCCC(=O)N[C@H](CCc1ccccc1)C(=O)Nc1ccccc1. The Morgan fingerprint density at radius 3 is 2.21 bits per heavy atom. The van der Waals surface area contributed by atoms with Crippen molar-refractivity contribution in [3.05, 3.63) is 66.2 Å². The van der Waals surface area contributed by atoms with Gasteiger partial charge in [0.05, 0.1) is 0 Å². The summed E-state index contributed by atoms with van der Waals surface area (Å²) in [7, 11) is 0. The lowest BCUT2D eigenvalue weighted by Crippen LogP contribution is -2.44. The maximum Gasteiger partial charge on any atom is 0.246 e. The van der Waals surface area contributed by atoms with E-state index >= 15 is 0 Å². The van der Waals surface area contributed by atoms with Crippen molar-refractivity contribution in [2.24, 2.45) is 0 Å². The molecule has 0 saturated carbocycles. The lowest BCUT2D eigenvalue weighted by Gasteiger charge is -2.18. The lowest BCUT2D eigenvalue weighted by atomic mass is 10.0. The number of benzene rings is 2. The van der Waals surface area contributed by atoms with Gasteiger partial charge in [0.2, 0.25) is 11.8 Å². The summed E-state index contributed by atoms with van der Waals surface area (Å²) in [4.78, 5) is 24.5. The monoisotopic (exact) mass is 324 g/mol. The van der Waals surface area contributed by atoms with E-state index in [1.165, 1.54) is 0 Å². The maximum absolute atomic E-state index is 12.5. The van der Waals surface area contributed by atoms with E-state index in [4.69, 9.17) is 0 Å². The molecule has 4 heteroatoms. The van der Waals surface area contributed by atoms with Crippen molar-refractivity contribution >= 4 is 17.5 Å². The van der Waals surface area contributed by atoms with E-state index in [0.29, 0.717) is 12.8 Å². The summed E-state index contributed by atoms with van der Waals surface area (Å²) in [6.45, 7) is 1.95. The predicted molar refractivity (Wildman–Crippen MR) is 96.7 cm³/mol. The Morgan fingerprint density at radius 2 is 1.58 bits per heavy atom. The molecule has 0 aliphatic rings. The molecule has 2 aromatic carbocycles. The average Bonchev–Trinajstić information content (AvgIpc) is 2.60. The number of carbonyl (C=O) groups excluding carboxylic acids is 2. The van der Waals surface area contributed by atoms with E-state index in [1.807, 2.05) is 67.6 Å². The van der Waals surface area contributed by atoms with Crippen LogP contribution < -0.4 is 10.6 Å². The highest BCUT2D eigenvalue weighted by Gasteiger charge is 2.20. The molecule has 0 aliphatic carbocycles. The Balaban J connectivity index is 2.00. The minimum atomic E-state index is -0.538. The number of nitrogens with one attached hydrogen (secondary N) is 2. The Bertz CT molecular complexity index is 641. The highest BCUT2D eigenvalue weighted by atomic mass is 16.2. The van der Waals surface area contributed by atoms with Crippen LogP contribution in [0.3, 0.4) is 0 Å². The number of para-hydroxylation sites is 1. The summed E-state index contributed by atoms with van der Waals surface area (Å²) in [5.41, 5.74) is 1.89. The Labute approximate surface area is 143 Å². The molecule has 0 aliphatic heterocycles. The summed E-state index contributed by atoms with van der Waals surface area (Å²) in [6, 6.07) is 18.7. The number of amides is 2. The molecule has 4 nitrogen and oxygen atoms in total. The van der Waals surface area contributed by atoms with Gasteiger partial charge in [0.15, 0.2) is 0 Å². The molecule has 1 atom stereocenters. The minimum absolute atomic E-state index is 0.0845. The van der Waals surface area contributed by atoms with Gasteiger partial charge in [0, 0.05) is 12.1 Å². The van der Waals surface area contributed by atoms with Gasteiger partial charge in [-0.05, 0) is 37.0 Å². The van der Waals surface area contributed by atoms with Gasteiger partial charge in [-0.1, -0.05) is 55.5 Å².